The third-order valence-corrected chi connectivity index (χ3v) is 9.84. The summed E-state index contributed by atoms with van der Waals surface area (Å²) in [5.41, 5.74) is 7.51. The summed E-state index contributed by atoms with van der Waals surface area (Å²) < 4.78 is 0. The molecule has 0 saturated carbocycles. The number of ketones is 2. The van der Waals surface area contributed by atoms with Crippen LogP contribution < -0.4 is 16.4 Å². The van der Waals surface area contributed by atoms with E-state index in [4.69, 9.17) is 5.73 Å². The van der Waals surface area contributed by atoms with Gasteiger partial charge in [-0.2, -0.15) is 0 Å². The maximum Gasteiger partial charge on any atom is 0.226 e. The first-order chi connectivity index (χ1) is 22.7. The summed E-state index contributed by atoms with van der Waals surface area (Å²) in [6.07, 6.45) is 5.15. The normalized spacial score (nSPS) is 17.3. The van der Waals surface area contributed by atoms with E-state index in [2.05, 4.69) is 36.4 Å². The van der Waals surface area contributed by atoms with Gasteiger partial charge in [-0.15, -0.1) is 0 Å². The summed E-state index contributed by atoms with van der Waals surface area (Å²) in [5.74, 6) is -2.02. The molecule has 4 N–H and O–H groups in total. The number of rotatable bonds is 21. The van der Waals surface area contributed by atoms with Crippen LogP contribution >= 0.6 is 0 Å². The van der Waals surface area contributed by atoms with Crippen LogP contribution in [0.3, 0.4) is 0 Å². The van der Waals surface area contributed by atoms with Crippen molar-refractivity contribution in [1.82, 2.24) is 20.4 Å². The Morgan fingerprint density at radius 2 is 1.62 bits per heavy atom. The van der Waals surface area contributed by atoms with E-state index in [-0.39, 0.29) is 54.0 Å². The molecular formula is C38H63N5O5. The minimum absolute atomic E-state index is 0.0112. The second-order valence-corrected chi connectivity index (χ2v) is 14.6. The molecule has 1 saturated heterocycles. The number of carbonyl (C=O) groups excluding carboxylic acids is 5. The summed E-state index contributed by atoms with van der Waals surface area (Å²) in [6, 6.07) is 6.61. The van der Waals surface area contributed by atoms with Gasteiger partial charge in [-0.3, -0.25) is 24.0 Å². The Labute approximate surface area is 289 Å². The molecule has 0 bridgehead atoms. The molecule has 0 unspecified atom stereocenters. The summed E-state index contributed by atoms with van der Waals surface area (Å²) in [7, 11) is 3.62. The number of benzene rings is 1. The van der Waals surface area contributed by atoms with Gasteiger partial charge in [0.05, 0.1) is 12.1 Å². The first-order valence-corrected chi connectivity index (χ1v) is 18.1. The van der Waals surface area contributed by atoms with Crippen LogP contribution in [0.2, 0.25) is 0 Å². The quantitative estimate of drug-likeness (QED) is 0.126. The van der Waals surface area contributed by atoms with Crippen molar-refractivity contribution < 1.29 is 24.0 Å². The highest BCUT2D eigenvalue weighted by Gasteiger charge is 2.39. The third kappa shape index (κ3) is 13.0. The number of unbranched alkanes of at least 4 members (excludes halogenated alkanes) is 1. The molecule has 1 aliphatic rings. The first-order valence-electron chi connectivity index (χ1n) is 18.1. The Bertz CT molecular complexity index is 1200. The molecule has 1 aromatic carbocycles. The van der Waals surface area contributed by atoms with Gasteiger partial charge in [0, 0.05) is 55.9 Å². The number of Topliss-reactive ketones (excluding diaryl/α,β-unsaturated/α-hetero) is 2. The smallest absolute Gasteiger partial charge is 0.226 e. The number of nitrogen functional groups attached to an aromatic ring is 1. The molecule has 3 amide bonds. The summed E-state index contributed by atoms with van der Waals surface area (Å²) in [6.45, 7) is 13.3. The van der Waals surface area contributed by atoms with E-state index in [0.29, 0.717) is 56.8 Å². The minimum Gasteiger partial charge on any atom is -0.399 e. The van der Waals surface area contributed by atoms with Crippen LogP contribution in [0.1, 0.15) is 105 Å². The van der Waals surface area contributed by atoms with Gasteiger partial charge >= 0.3 is 0 Å². The summed E-state index contributed by atoms with van der Waals surface area (Å²) in [4.78, 5) is 71.1. The Morgan fingerprint density at radius 1 is 0.958 bits per heavy atom. The van der Waals surface area contributed by atoms with E-state index in [1.165, 1.54) is 0 Å². The van der Waals surface area contributed by atoms with E-state index in [0.717, 1.165) is 24.9 Å². The summed E-state index contributed by atoms with van der Waals surface area (Å²) >= 11 is 0. The second-order valence-electron chi connectivity index (χ2n) is 14.6. The Morgan fingerprint density at radius 3 is 2.21 bits per heavy atom. The van der Waals surface area contributed by atoms with Crippen molar-refractivity contribution in [3.05, 3.63) is 29.8 Å². The number of nitrogens with one attached hydrogen (secondary N) is 2. The topological polar surface area (TPSA) is 142 Å². The fourth-order valence-corrected chi connectivity index (χ4v) is 6.48. The van der Waals surface area contributed by atoms with Gasteiger partial charge in [0.25, 0.3) is 0 Å². The lowest BCUT2D eigenvalue weighted by molar-refractivity contribution is -0.143. The van der Waals surface area contributed by atoms with E-state index < -0.39 is 23.9 Å². The highest BCUT2D eigenvalue weighted by Crippen LogP contribution is 2.27. The molecule has 1 aliphatic heterocycles. The van der Waals surface area contributed by atoms with Crippen molar-refractivity contribution in [2.75, 3.05) is 32.9 Å². The number of likely N-dealkylation sites (tertiary alicyclic amines) is 1. The van der Waals surface area contributed by atoms with Crippen molar-refractivity contribution in [2.24, 2.45) is 23.7 Å². The fourth-order valence-electron chi connectivity index (χ4n) is 6.48. The Kier molecular flexibility index (Phi) is 17.3. The molecule has 0 aliphatic carbocycles. The summed E-state index contributed by atoms with van der Waals surface area (Å²) in [5, 5.41) is 5.66. The van der Waals surface area contributed by atoms with Crippen molar-refractivity contribution in [3.63, 3.8) is 0 Å². The molecule has 0 spiro atoms. The molecular weight excluding hydrogens is 606 g/mol. The van der Waals surface area contributed by atoms with Crippen LogP contribution in [0.5, 0.6) is 0 Å². The molecule has 10 heteroatoms. The minimum atomic E-state index is -0.704. The van der Waals surface area contributed by atoms with Crippen molar-refractivity contribution >= 4 is 35.0 Å². The SMILES string of the molecule is CC[C@H](Cc1ccc(N)cc1)C(=O)N[C@@H](CC(C)C)C(=O)C[C@@H](CCCCN(C)C(C)C)C(=O)N1CCC[C@H]1C(=O)C[C@H](C)C(=O)NC. The first kappa shape index (κ1) is 40.9. The van der Waals surface area contributed by atoms with Gasteiger partial charge in [0.15, 0.2) is 11.6 Å². The fraction of sp³-hybridized carbons (Fsp3) is 0.711. The van der Waals surface area contributed by atoms with Crippen LogP contribution in [0.25, 0.3) is 0 Å². The zero-order valence-electron chi connectivity index (χ0n) is 30.8. The average Bonchev–Trinajstić information content (AvgIpc) is 3.54. The number of hydrogen-bond acceptors (Lipinski definition) is 7. The number of nitrogens with two attached hydrogens (primary N) is 1. The molecule has 270 valence electrons. The van der Waals surface area contributed by atoms with Gasteiger partial charge in [-0.05, 0) is 96.0 Å². The number of amides is 3. The van der Waals surface area contributed by atoms with E-state index >= 15 is 0 Å². The van der Waals surface area contributed by atoms with E-state index in [1.54, 1.807) is 18.9 Å². The zero-order valence-corrected chi connectivity index (χ0v) is 30.8. The zero-order chi connectivity index (χ0) is 36.0. The standard InChI is InChI=1S/C38H63N5O5/c1-9-29(23-28-15-17-31(39)18-16-28)37(47)41-32(21-25(2)3)34(44)24-30(13-10-11-19-42(8)26(4)5)38(48)43-20-12-14-33(43)35(45)22-27(6)36(46)40-7/h15-18,25-27,29-30,32-33H,9-14,19-24,39H2,1-8H3,(H,40,46)(H,41,47)/t27-,29+,30+,32-,33-/m0/s1. The van der Waals surface area contributed by atoms with Gasteiger partial charge in [0.2, 0.25) is 17.7 Å². The molecule has 48 heavy (non-hydrogen) atoms. The monoisotopic (exact) mass is 669 g/mol. The molecule has 1 aromatic rings. The Hall–Kier alpha value is -3.27. The van der Waals surface area contributed by atoms with Crippen LogP contribution in [0, 0.1) is 23.7 Å². The van der Waals surface area contributed by atoms with E-state index in [9.17, 15) is 24.0 Å². The van der Waals surface area contributed by atoms with Gasteiger partial charge < -0.3 is 26.2 Å². The molecule has 2 rings (SSSR count). The molecule has 10 nitrogen and oxygen atoms in total. The van der Waals surface area contributed by atoms with Crippen LogP contribution in [-0.4, -0.2) is 84.4 Å². The molecule has 1 heterocycles. The maximum absolute atomic E-state index is 14.2. The lowest BCUT2D eigenvalue weighted by Gasteiger charge is -2.30. The number of carbonyl (C=O) groups is 5. The number of nitrogens with zero attached hydrogens (tertiary/aromatic N) is 2. The van der Waals surface area contributed by atoms with Crippen molar-refractivity contribution in [3.8, 4) is 0 Å². The Balaban J connectivity index is 2.24. The highest BCUT2D eigenvalue weighted by molar-refractivity contribution is 5.96. The van der Waals surface area contributed by atoms with Crippen LogP contribution in [0.4, 0.5) is 5.69 Å². The maximum atomic E-state index is 14.2. The van der Waals surface area contributed by atoms with Crippen molar-refractivity contribution in [1.29, 1.82) is 0 Å². The predicted molar refractivity (Wildman–Crippen MR) is 192 cm³/mol. The van der Waals surface area contributed by atoms with Gasteiger partial charge in [0.1, 0.15) is 0 Å². The predicted octanol–water partition coefficient (Wildman–Crippen LogP) is 4.79. The lowest BCUT2D eigenvalue weighted by Crippen LogP contribution is -2.48. The molecule has 0 radical (unpaired) electrons. The molecule has 5 atom stereocenters. The van der Waals surface area contributed by atoms with Crippen LogP contribution in [0.15, 0.2) is 24.3 Å². The van der Waals surface area contributed by atoms with Gasteiger partial charge in [-0.1, -0.05) is 46.2 Å². The number of hydrogen-bond donors (Lipinski definition) is 3. The van der Waals surface area contributed by atoms with E-state index in [1.807, 2.05) is 45.0 Å². The third-order valence-electron chi connectivity index (χ3n) is 9.84. The molecule has 1 fully saturated rings. The molecule has 0 aromatic heterocycles. The highest BCUT2D eigenvalue weighted by atomic mass is 16.2. The lowest BCUT2D eigenvalue weighted by atomic mass is 9.88. The van der Waals surface area contributed by atoms with Gasteiger partial charge in [-0.25, -0.2) is 0 Å². The second kappa shape index (κ2) is 20.3. The van der Waals surface area contributed by atoms with Crippen molar-refractivity contribution in [2.45, 2.75) is 124 Å². The largest absolute Gasteiger partial charge is 0.399 e. The van der Waals surface area contributed by atoms with Crippen LogP contribution in [-0.2, 0) is 30.4 Å². The average molecular weight is 670 g/mol. The number of anilines is 1.